The van der Waals surface area contributed by atoms with Crippen LogP contribution in [-0.2, 0) is 0 Å². The molecule has 1 aromatic heterocycles. The number of carbonyl (C=O) groups excluding carboxylic acids is 2. The van der Waals surface area contributed by atoms with Crippen LogP contribution in [0.4, 0.5) is 11.6 Å². The lowest BCUT2D eigenvalue weighted by molar-refractivity contribution is 0.0983. The molecule has 1 aliphatic carbocycles. The van der Waals surface area contributed by atoms with E-state index in [1.807, 2.05) is 50.2 Å². The molecule has 2 N–H and O–H groups in total. The van der Waals surface area contributed by atoms with Gasteiger partial charge in [0.15, 0.2) is 5.69 Å². The van der Waals surface area contributed by atoms with Crippen LogP contribution in [0.15, 0.2) is 40.6 Å². The Morgan fingerprint density at radius 1 is 1.16 bits per heavy atom. The first-order valence-corrected chi connectivity index (χ1v) is 7.98. The number of Topliss-reactive ketones (excluding diaryl/α,β-unsaturated/α-hetero) is 1. The Kier molecular flexibility index (Phi) is 4.67. The van der Waals surface area contributed by atoms with E-state index in [9.17, 15) is 9.59 Å². The monoisotopic (exact) mass is 340 g/mol. The number of benzene rings is 1. The van der Waals surface area contributed by atoms with Gasteiger partial charge in [-0.1, -0.05) is 22.9 Å². The third-order valence-corrected chi connectivity index (χ3v) is 3.85. The summed E-state index contributed by atoms with van der Waals surface area (Å²) in [5.41, 5.74) is 2.28. The Bertz CT molecular complexity index is 835. The molecule has 25 heavy (non-hydrogen) atoms. The van der Waals surface area contributed by atoms with Crippen molar-refractivity contribution in [3.8, 4) is 0 Å². The van der Waals surface area contributed by atoms with Crippen molar-refractivity contribution in [1.82, 2.24) is 10.1 Å². The summed E-state index contributed by atoms with van der Waals surface area (Å²) in [7, 11) is 3.89. The van der Waals surface area contributed by atoms with Crippen LogP contribution in [-0.4, -0.2) is 48.8 Å². The van der Waals surface area contributed by atoms with Crippen molar-refractivity contribution in [2.45, 2.75) is 6.92 Å². The molecule has 0 amide bonds. The topological polar surface area (TPSA) is 87.5 Å². The molecular weight excluding hydrogens is 320 g/mol. The van der Waals surface area contributed by atoms with Gasteiger partial charge in [-0.3, -0.25) is 9.59 Å². The fraction of sp³-hybridized carbons (Fsp3) is 0.278. The van der Waals surface area contributed by atoms with Crippen LogP contribution in [0.2, 0.25) is 0 Å². The number of aryl methyl sites for hydroxylation is 1. The smallest absolute Gasteiger partial charge is 0.236 e. The number of nitrogens with zero attached hydrogens (tertiary/aromatic N) is 2. The first-order valence-electron chi connectivity index (χ1n) is 7.98. The fourth-order valence-corrected chi connectivity index (χ4v) is 2.47. The average molecular weight is 340 g/mol. The van der Waals surface area contributed by atoms with Crippen molar-refractivity contribution in [1.29, 1.82) is 0 Å². The highest BCUT2D eigenvalue weighted by Gasteiger charge is 2.33. The van der Waals surface area contributed by atoms with Gasteiger partial charge in [-0.2, -0.15) is 0 Å². The Balaban J connectivity index is 1.82. The van der Waals surface area contributed by atoms with Crippen LogP contribution in [0, 0.1) is 6.92 Å². The van der Waals surface area contributed by atoms with Crippen molar-refractivity contribution in [2.24, 2.45) is 0 Å². The second-order valence-electron chi connectivity index (χ2n) is 6.21. The number of hydrogen-bond acceptors (Lipinski definition) is 7. The highest BCUT2D eigenvalue weighted by atomic mass is 16.5. The van der Waals surface area contributed by atoms with Gasteiger partial charge in [-0.05, 0) is 33.2 Å². The number of aromatic nitrogens is 1. The standard InChI is InChI=1S/C18H20N4O3/c1-11-4-6-12(7-5-11)20-13-10-14(23)16-15(17(13)24)18(25-21-16)19-8-9-22(2)3/h4-7,10,19-20H,8-9H2,1-3H3. The molecule has 2 aromatic rings. The van der Waals surface area contributed by atoms with E-state index in [2.05, 4.69) is 15.8 Å². The quantitative estimate of drug-likeness (QED) is 0.834. The zero-order valence-electron chi connectivity index (χ0n) is 14.4. The molecule has 1 heterocycles. The van der Waals surface area contributed by atoms with Crippen molar-refractivity contribution in [3.05, 3.63) is 52.9 Å². The van der Waals surface area contributed by atoms with Gasteiger partial charge in [-0.25, -0.2) is 0 Å². The number of rotatable bonds is 6. The minimum absolute atomic E-state index is 0.0480. The van der Waals surface area contributed by atoms with Crippen molar-refractivity contribution < 1.29 is 14.1 Å². The predicted molar refractivity (Wildman–Crippen MR) is 95.1 cm³/mol. The summed E-state index contributed by atoms with van der Waals surface area (Å²) in [6.07, 6.45) is 1.26. The van der Waals surface area contributed by atoms with Gasteiger partial charge in [0.2, 0.25) is 17.5 Å². The molecule has 1 aliphatic rings. The third kappa shape index (κ3) is 3.61. The Morgan fingerprint density at radius 3 is 2.56 bits per heavy atom. The maximum atomic E-state index is 12.8. The molecule has 0 aliphatic heterocycles. The van der Waals surface area contributed by atoms with E-state index in [-0.39, 0.29) is 34.4 Å². The number of likely N-dealkylation sites (N-methyl/N-ethyl adjacent to an activating group) is 1. The van der Waals surface area contributed by atoms with E-state index in [4.69, 9.17) is 4.52 Å². The molecular formula is C18H20N4O3. The van der Waals surface area contributed by atoms with Gasteiger partial charge >= 0.3 is 0 Å². The summed E-state index contributed by atoms with van der Waals surface area (Å²) in [5, 5.41) is 9.78. The zero-order chi connectivity index (χ0) is 18.0. The second kappa shape index (κ2) is 6.90. The number of fused-ring (bicyclic) bond motifs is 1. The molecule has 0 fully saturated rings. The minimum atomic E-state index is -0.353. The van der Waals surface area contributed by atoms with E-state index in [0.29, 0.717) is 6.54 Å². The third-order valence-electron chi connectivity index (χ3n) is 3.85. The lowest BCUT2D eigenvalue weighted by Crippen LogP contribution is -2.24. The molecule has 0 atom stereocenters. The lowest BCUT2D eigenvalue weighted by atomic mass is 9.98. The fourth-order valence-electron chi connectivity index (χ4n) is 2.47. The summed E-state index contributed by atoms with van der Waals surface area (Å²) in [6, 6.07) is 7.56. The Labute approximate surface area is 145 Å². The summed E-state index contributed by atoms with van der Waals surface area (Å²) in [4.78, 5) is 27.0. The number of anilines is 2. The van der Waals surface area contributed by atoms with E-state index in [1.54, 1.807) is 0 Å². The van der Waals surface area contributed by atoms with Crippen LogP contribution in [0.1, 0.15) is 26.4 Å². The molecule has 7 nitrogen and oxygen atoms in total. The van der Waals surface area contributed by atoms with E-state index >= 15 is 0 Å². The summed E-state index contributed by atoms with van der Waals surface area (Å²) < 4.78 is 5.17. The first kappa shape index (κ1) is 16.9. The molecule has 0 bridgehead atoms. The van der Waals surface area contributed by atoms with Gasteiger partial charge in [0.1, 0.15) is 5.56 Å². The molecule has 0 saturated carbocycles. The van der Waals surface area contributed by atoms with Gasteiger partial charge in [0.25, 0.3) is 0 Å². The lowest BCUT2D eigenvalue weighted by Gasteiger charge is -2.14. The molecule has 0 unspecified atom stereocenters. The van der Waals surface area contributed by atoms with Gasteiger partial charge in [0, 0.05) is 24.9 Å². The van der Waals surface area contributed by atoms with Crippen molar-refractivity contribution >= 4 is 23.1 Å². The molecule has 7 heteroatoms. The Morgan fingerprint density at radius 2 is 1.88 bits per heavy atom. The van der Waals surface area contributed by atoms with Gasteiger partial charge in [-0.15, -0.1) is 0 Å². The summed E-state index contributed by atoms with van der Waals surface area (Å²) in [5.74, 6) is -0.441. The van der Waals surface area contributed by atoms with Crippen LogP contribution in [0.3, 0.4) is 0 Å². The molecule has 0 spiro atoms. The van der Waals surface area contributed by atoms with Crippen molar-refractivity contribution in [3.63, 3.8) is 0 Å². The molecule has 0 radical (unpaired) electrons. The maximum Gasteiger partial charge on any atom is 0.236 e. The average Bonchev–Trinajstić information content (AvgIpc) is 2.99. The van der Waals surface area contributed by atoms with E-state index in [1.165, 1.54) is 6.08 Å². The van der Waals surface area contributed by atoms with Crippen molar-refractivity contribution in [2.75, 3.05) is 37.8 Å². The molecule has 0 saturated heterocycles. The number of nitrogens with one attached hydrogen (secondary N) is 2. The number of allylic oxidation sites excluding steroid dienone is 2. The van der Waals surface area contributed by atoms with Gasteiger partial charge < -0.3 is 20.1 Å². The predicted octanol–water partition coefficient (Wildman–Crippen LogP) is 2.33. The second-order valence-corrected chi connectivity index (χ2v) is 6.21. The van der Waals surface area contributed by atoms with Crippen LogP contribution >= 0.6 is 0 Å². The SMILES string of the molecule is Cc1ccc(NC2=CC(=O)c3noc(NCCN(C)C)c3C2=O)cc1. The maximum absolute atomic E-state index is 12.8. The first-order chi connectivity index (χ1) is 12.0. The molecule has 1 aromatic carbocycles. The number of carbonyl (C=O) groups is 2. The van der Waals surface area contributed by atoms with Crippen LogP contribution < -0.4 is 10.6 Å². The molecule has 130 valence electrons. The molecule has 3 rings (SSSR count). The van der Waals surface area contributed by atoms with Crippen LogP contribution in [0.25, 0.3) is 0 Å². The Hall–Kier alpha value is -2.93. The normalized spacial score (nSPS) is 13.7. The van der Waals surface area contributed by atoms with Gasteiger partial charge in [0.05, 0.1) is 5.70 Å². The zero-order valence-corrected chi connectivity index (χ0v) is 14.4. The number of hydrogen-bond donors (Lipinski definition) is 2. The minimum Gasteiger partial charge on any atom is -0.352 e. The highest BCUT2D eigenvalue weighted by Crippen LogP contribution is 2.28. The highest BCUT2D eigenvalue weighted by molar-refractivity contribution is 6.26. The summed E-state index contributed by atoms with van der Waals surface area (Å²) >= 11 is 0. The number of ketones is 2. The van der Waals surface area contributed by atoms with E-state index in [0.717, 1.165) is 17.8 Å². The van der Waals surface area contributed by atoms with E-state index < -0.39 is 0 Å². The van der Waals surface area contributed by atoms with Crippen LogP contribution in [0.5, 0.6) is 0 Å². The largest absolute Gasteiger partial charge is 0.352 e. The summed E-state index contributed by atoms with van der Waals surface area (Å²) in [6.45, 7) is 3.30.